The molecule has 0 radical (unpaired) electrons. The summed E-state index contributed by atoms with van der Waals surface area (Å²) in [6, 6.07) is 8.85. The van der Waals surface area contributed by atoms with Crippen molar-refractivity contribution in [2.75, 3.05) is 5.32 Å². The van der Waals surface area contributed by atoms with Crippen LogP contribution in [-0.2, 0) is 10.4 Å². The van der Waals surface area contributed by atoms with E-state index in [1.807, 2.05) is 32.9 Å². The smallest absolute Gasteiger partial charge is 0.261 e. The number of aryl methyl sites for hydroxylation is 3. The van der Waals surface area contributed by atoms with E-state index >= 15 is 0 Å². The van der Waals surface area contributed by atoms with Gasteiger partial charge in [0.05, 0.1) is 12.1 Å². The maximum atomic E-state index is 12.7. The number of fused-ring (bicyclic) bond motifs is 1. The Kier molecular flexibility index (Phi) is 3.98. The third kappa shape index (κ3) is 2.52. The number of Topliss-reactive ketones (excluding diaryl/α,β-unsaturated/α-hetero) is 1. The zero-order valence-electron chi connectivity index (χ0n) is 13.7. The Labute approximate surface area is 145 Å². The number of hydrogen-bond acceptors (Lipinski definition) is 3. The van der Waals surface area contributed by atoms with Crippen LogP contribution in [0.25, 0.3) is 0 Å². The molecule has 124 valence electrons. The third-order valence-corrected chi connectivity index (χ3v) is 4.80. The second kappa shape index (κ2) is 5.72. The van der Waals surface area contributed by atoms with Crippen LogP contribution in [0.4, 0.5) is 5.69 Å². The van der Waals surface area contributed by atoms with E-state index in [4.69, 9.17) is 11.6 Å². The number of anilines is 1. The second-order valence-electron chi connectivity index (χ2n) is 6.35. The van der Waals surface area contributed by atoms with E-state index in [0.717, 1.165) is 16.7 Å². The van der Waals surface area contributed by atoms with Crippen LogP contribution in [0, 0.1) is 20.8 Å². The molecule has 1 heterocycles. The van der Waals surface area contributed by atoms with Gasteiger partial charge in [-0.2, -0.15) is 0 Å². The Morgan fingerprint density at radius 3 is 2.54 bits per heavy atom. The first-order valence-corrected chi connectivity index (χ1v) is 8.05. The van der Waals surface area contributed by atoms with E-state index in [1.54, 1.807) is 18.2 Å². The Morgan fingerprint density at radius 2 is 1.88 bits per heavy atom. The summed E-state index contributed by atoms with van der Waals surface area (Å²) in [4.78, 5) is 25.1. The summed E-state index contributed by atoms with van der Waals surface area (Å²) in [5, 5.41) is 13.9. The molecule has 0 aromatic heterocycles. The summed E-state index contributed by atoms with van der Waals surface area (Å²) in [5.74, 6) is -0.914. The number of carbonyl (C=O) groups is 2. The first-order valence-electron chi connectivity index (χ1n) is 7.68. The van der Waals surface area contributed by atoms with Crippen molar-refractivity contribution in [2.45, 2.75) is 32.8 Å². The zero-order valence-corrected chi connectivity index (χ0v) is 14.5. The number of benzene rings is 2. The van der Waals surface area contributed by atoms with Gasteiger partial charge in [0.2, 0.25) is 0 Å². The number of nitrogens with one attached hydrogen (secondary N) is 1. The number of carbonyl (C=O) groups excluding carboxylic acids is 2. The van der Waals surface area contributed by atoms with Gasteiger partial charge in [0.1, 0.15) is 0 Å². The lowest BCUT2D eigenvalue weighted by molar-refractivity contribution is -0.133. The Hall–Kier alpha value is -2.17. The summed E-state index contributed by atoms with van der Waals surface area (Å²) in [6.07, 6.45) is -0.348. The van der Waals surface area contributed by atoms with Crippen LogP contribution in [0.5, 0.6) is 0 Å². The molecule has 5 heteroatoms. The Morgan fingerprint density at radius 1 is 1.17 bits per heavy atom. The lowest BCUT2D eigenvalue weighted by Crippen LogP contribution is -2.36. The number of halogens is 1. The third-order valence-electron chi connectivity index (χ3n) is 4.49. The van der Waals surface area contributed by atoms with Crippen LogP contribution in [0.15, 0.2) is 30.3 Å². The van der Waals surface area contributed by atoms with Crippen LogP contribution in [0.2, 0.25) is 5.02 Å². The molecule has 0 aliphatic carbocycles. The minimum atomic E-state index is -1.95. The molecule has 1 amide bonds. The molecule has 2 N–H and O–H groups in total. The summed E-state index contributed by atoms with van der Waals surface area (Å²) in [7, 11) is 0. The fourth-order valence-electron chi connectivity index (χ4n) is 3.20. The number of hydrogen-bond donors (Lipinski definition) is 2. The molecule has 0 saturated carbocycles. The largest absolute Gasteiger partial charge is 0.375 e. The Bertz CT molecular complexity index is 875. The van der Waals surface area contributed by atoms with Gasteiger partial charge in [0.15, 0.2) is 11.4 Å². The first-order chi connectivity index (χ1) is 11.2. The van der Waals surface area contributed by atoms with Crippen LogP contribution in [0.1, 0.15) is 39.0 Å². The van der Waals surface area contributed by atoms with Crippen molar-refractivity contribution in [2.24, 2.45) is 0 Å². The molecule has 0 spiro atoms. The first kappa shape index (κ1) is 16.7. The normalized spacial score (nSPS) is 19.1. The maximum absolute atomic E-state index is 12.7. The van der Waals surface area contributed by atoms with Gasteiger partial charge in [-0.25, -0.2) is 0 Å². The van der Waals surface area contributed by atoms with Gasteiger partial charge in [-0.05, 0) is 38.0 Å². The predicted octanol–water partition coefficient (Wildman–Crippen LogP) is 3.68. The van der Waals surface area contributed by atoms with Crippen LogP contribution in [0.3, 0.4) is 0 Å². The lowest BCUT2D eigenvalue weighted by atomic mass is 9.86. The van der Waals surface area contributed by atoms with Crippen molar-refractivity contribution >= 4 is 29.0 Å². The molecule has 0 unspecified atom stereocenters. The van der Waals surface area contributed by atoms with Crippen LogP contribution in [-0.4, -0.2) is 16.8 Å². The standard InChI is InChI=1S/C19H18ClNO3/c1-10-4-6-13(12(3)8-10)15(22)9-19(24)16-14(20)7-5-11(2)17(16)21-18(19)23/h4-8,24H,9H2,1-3H3,(H,21,23)/t19-/m0/s1. The summed E-state index contributed by atoms with van der Waals surface area (Å²) in [5.41, 5.74) is 1.97. The molecular weight excluding hydrogens is 326 g/mol. The van der Waals surface area contributed by atoms with Gasteiger partial charge in [0.25, 0.3) is 5.91 Å². The maximum Gasteiger partial charge on any atom is 0.261 e. The summed E-state index contributed by atoms with van der Waals surface area (Å²) < 4.78 is 0. The summed E-state index contributed by atoms with van der Waals surface area (Å²) >= 11 is 6.21. The molecule has 0 saturated heterocycles. The molecule has 24 heavy (non-hydrogen) atoms. The van der Waals surface area contributed by atoms with Crippen molar-refractivity contribution in [3.8, 4) is 0 Å². The van der Waals surface area contributed by atoms with Gasteiger partial charge in [-0.1, -0.05) is 41.4 Å². The number of aliphatic hydroxyl groups is 1. The van der Waals surface area contributed by atoms with Crippen molar-refractivity contribution in [3.05, 3.63) is 63.2 Å². The van der Waals surface area contributed by atoms with E-state index < -0.39 is 11.5 Å². The molecular formula is C19H18ClNO3. The average molecular weight is 344 g/mol. The fourth-order valence-corrected chi connectivity index (χ4v) is 3.51. The highest BCUT2D eigenvalue weighted by Crippen LogP contribution is 2.44. The van der Waals surface area contributed by atoms with Gasteiger partial charge in [0, 0.05) is 16.1 Å². The molecule has 3 rings (SSSR count). The molecule has 0 bridgehead atoms. The highest BCUT2D eigenvalue weighted by Gasteiger charge is 2.48. The molecule has 1 aliphatic heterocycles. The van der Waals surface area contributed by atoms with Gasteiger partial charge in [-0.15, -0.1) is 0 Å². The molecule has 2 aromatic rings. The van der Waals surface area contributed by atoms with E-state index in [-0.39, 0.29) is 22.8 Å². The molecule has 0 fully saturated rings. The minimum absolute atomic E-state index is 0.268. The van der Waals surface area contributed by atoms with Crippen LogP contribution < -0.4 is 5.32 Å². The van der Waals surface area contributed by atoms with E-state index in [2.05, 4.69) is 5.32 Å². The van der Waals surface area contributed by atoms with Gasteiger partial charge in [-0.3, -0.25) is 9.59 Å². The van der Waals surface area contributed by atoms with Crippen molar-refractivity contribution in [3.63, 3.8) is 0 Å². The van der Waals surface area contributed by atoms with Crippen LogP contribution >= 0.6 is 11.6 Å². The SMILES string of the molecule is Cc1ccc(C(=O)C[C@@]2(O)C(=O)Nc3c(C)ccc(Cl)c32)c(C)c1. The number of rotatable bonds is 3. The van der Waals surface area contributed by atoms with E-state index in [0.29, 0.717) is 11.3 Å². The number of amides is 1. The quantitative estimate of drug-likeness (QED) is 0.835. The minimum Gasteiger partial charge on any atom is -0.375 e. The van der Waals surface area contributed by atoms with Crippen molar-refractivity contribution in [1.29, 1.82) is 0 Å². The lowest BCUT2D eigenvalue weighted by Gasteiger charge is -2.21. The van der Waals surface area contributed by atoms with E-state index in [9.17, 15) is 14.7 Å². The second-order valence-corrected chi connectivity index (χ2v) is 6.75. The average Bonchev–Trinajstić information content (AvgIpc) is 2.76. The molecule has 1 aliphatic rings. The zero-order chi connectivity index (χ0) is 17.6. The van der Waals surface area contributed by atoms with Crippen molar-refractivity contribution < 1.29 is 14.7 Å². The predicted molar refractivity (Wildman–Crippen MR) is 93.6 cm³/mol. The van der Waals surface area contributed by atoms with Gasteiger partial charge < -0.3 is 10.4 Å². The molecule has 4 nitrogen and oxygen atoms in total. The molecule has 1 atom stereocenters. The Balaban J connectivity index is 2.03. The monoisotopic (exact) mass is 343 g/mol. The van der Waals surface area contributed by atoms with E-state index in [1.165, 1.54) is 0 Å². The van der Waals surface area contributed by atoms with Gasteiger partial charge >= 0.3 is 0 Å². The topological polar surface area (TPSA) is 66.4 Å². The highest BCUT2D eigenvalue weighted by molar-refractivity contribution is 6.33. The number of ketones is 1. The summed E-state index contributed by atoms with van der Waals surface area (Å²) in [6.45, 7) is 5.59. The van der Waals surface area contributed by atoms with Crippen molar-refractivity contribution in [1.82, 2.24) is 0 Å². The highest BCUT2D eigenvalue weighted by atomic mass is 35.5. The fraction of sp³-hybridized carbons (Fsp3) is 0.263. The molecule has 2 aromatic carbocycles.